The van der Waals surface area contributed by atoms with Gasteiger partial charge in [-0.05, 0) is 49.9 Å². The molecule has 1 N–H and O–H groups in total. The van der Waals surface area contributed by atoms with E-state index in [0.717, 1.165) is 50.1 Å². The lowest BCUT2D eigenvalue weighted by Gasteiger charge is -2.29. The smallest absolute Gasteiger partial charge is 0.271 e. The molecule has 4 atom stereocenters. The number of benzene rings is 1. The van der Waals surface area contributed by atoms with Crippen molar-refractivity contribution in [2.75, 3.05) is 19.6 Å². The van der Waals surface area contributed by atoms with Gasteiger partial charge in [-0.3, -0.25) is 14.4 Å². The van der Waals surface area contributed by atoms with Gasteiger partial charge in [0.25, 0.3) is 5.91 Å². The lowest BCUT2D eigenvalue weighted by Crippen LogP contribution is -2.42. The third-order valence-corrected chi connectivity index (χ3v) is 7.32. The molecular formula is C23H29FN4O2. The Balaban J connectivity index is 1.25. The summed E-state index contributed by atoms with van der Waals surface area (Å²) in [6.45, 7) is 7.76. The molecule has 4 heterocycles. The van der Waals surface area contributed by atoms with Gasteiger partial charge in [0.05, 0.1) is 11.7 Å². The summed E-state index contributed by atoms with van der Waals surface area (Å²) in [6, 6.07) is 7.07. The van der Waals surface area contributed by atoms with Crippen LogP contribution < -0.4 is 5.32 Å². The molecule has 5 rings (SSSR count). The molecule has 0 unspecified atom stereocenters. The van der Waals surface area contributed by atoms with Crippen molar-refractivity contribution in [3.63, 3.8) is 0 Å². The average molecular weight is 413 g/mol. The van der Waals surface area contributed by atoms with E-state index in [1.54, 1.807) is 16.8 Å². The summed E-state index contributed by atoms with van der Waals surface area (Å²) in [6.07, 6.45) is 4.18. The van der Waals surface area contributed by atoms with Crippen LogP contribution in [-0.4, -0.2) is 51.9 Å². The second-order valence-corrected chi connectivity index (χ2v) is 8.99. The first kappa shape index (κ1) is 19.7. The number of halogens is 1. The van der Waals surface area contributed by atoms with Gasteiger partial charge in [-0.1, -0.05) is 12.1 Å². The molecule has 0 aliphatic carbocycles. The van der Waals surface area contributed by atoms with Crippen LogP contribution in [0.1, 0.15) is 41.4 Å². The van der Waals surface area contributed by atoms with Gasteiger partial charge in [-0.2, -0.15) is 5.10 Å². The maximum atomic E-state index is 13.9. The van der Waals surface area contributed by atoms with E-state index in [4.69, 9.17) is 4.74 Å². The van der Waals surface area contributed by atoms with Crippen LogP contribution >= 0.6 is 0 Å². The van der Waals surface area contributed by atoms with Gasteiger partial charge in [0.15, 0.2) is 0 Å². The maximum Gasteiger partial charge on any atom is 0.271 e. The molecule has 2 bridgehead atoms. The predicted molar refractivity (Wildman–Crippen MR) is 110 cm³/mol. The Labute approximate surface area is 176 Å². The molecule has 160 valence electrons. The molecule has 3 saturated heterocycles. The van der Waals surface area contributed by atoms with Crippen molar-refractivity contribution in [2.45, 2.75) is 51.5 Å². The van der Waals surface area contributed by atoms with E-state index in [9.17, 15) is 9.18 Å². The first-order chi connectivity index (χ1) is 14.5. The fraction of sp³-hybridized carbons (Fsp3) is 0.565. The quantitative estimate of drug-likeness (QED) is 0.793. The van der Waals surface area contributed by atoms with Crippen LogP contribution in [-0.2, 0) is 17.8 Å². The van der Waals surface area contributed by atoms with Gasteiger partial charge in [0, 0.05) is 50.8 Å². The van der Waals surface area contributed by atoms with Crippen LogP contribution in [0.5, 0.6) is 0 Å². The van der Waals surface area contributed by atoms with Gasteiger partial charge >= 0.3 is 0 Å². The summed E-state index contributed by atoms with van der Waals surface area (Å²) >= 11 is 0. The van der Waals surface area contributed by atoms with Crippen molar-refractivity contribution < 1.29 is 13.9 Å². The van der Waals surface area contributed by atoms with E-state index in [-0.39, 0.29) is 23.4 Å². The van der Waals surface area contributed by atoms with E-state index in [1.807, 2.05) is 26.1 Å². The molecule has 0 saturated carbocycles. The first-order valence-electron chi connectivity index (χ1n) is 10.9. The normalized spacial score (nSPS) is 30.0. The second-order valence-electron chi connectivity index (χ2n) is 8.99. The van der Waals surface area contributed by atoms with Crippen molar-refractivity contribution in [3.05, 3.63) is 53.1 Å². The molecule has 30 heavy (non-hydrogen) atoms. The fourth-order valence-corrected chi connectivity index (χ4v) is 5.70. The number of rotatable bonds is 6. The van der Waals surface area contributed by atoms with E-state index in [2.05, 4.69) is 15.3 Å². The summed E-state index contributed by atoms with van der Waals surface area (Å²) in [5, 5.41) is 7.39. The number of aryl methyl sites for hydroxylation is 1. The Hall–Kier alpha value is -2.25. The topological polar surface area (TPSA) is 59.4 Å². The number of carbonyl (C=O) groups is 1. The van der Waals surface area contributed by atoms with Crippen molar-refractivity contribution in [3.8, 4) is 0 Å². The molecule has 1 aromatic heterocycles. The average Bonchev–Trinajstić information content (AvgIpc) is 3.49. The van der Waals surface area contributed by atoms with Crippen molar-refractivity contribution in [1.29, 1.82) is 0 Å². The molecule has 1 amide bonds. The second kappa shape index (κ2) is 7.46. The lowest BCUT2D eigenvalue weighted by atomic mass is 9.73. The molecule has 1 aromatic carbocycles. The van der Waals surface area contributed by atoms with E-state index >= 15 is 0 Å². The highest BCUT2D eigenvalue weighted by molar-refractivity contribution is 5.92. The lowest BCUT2D eigenvalue weighted by molar-refractivity contribution is 0.00210. The van der Waals surface area contributed by atoms with E-state index in [0.29, 0.717) is 24.1 Å². The fourth-order valence-electron chi connectivity index (χ4n) is 5.70. The van der Waals surface area contributed by atoms with Gasteiger partial charge in [-0.25, -0.2) is 4.39 Å². The maximum absolute atomic E-state index is 13.9. The highest BCUT2D eigenvalue weighted by atomic mass is 19.1. The van der Waals surface area contributed by atoms with Crippen molar-refractivity contribution in [2.24, 2.45) is 11.8 Å². The van der Waals surface area contributed by atoms with Gasteiger partial charge in [-0.15, -0.1) is 0 Å². The van der Waals surface area contributed by atoms with E-state index in [1.165, 1.54) is 6.07 Å². The van der Waals surface area contributed by atoms with Crippen LogP contribution in [0.15, 0.2) is 30.5 Å². The summed E-state index contributed by atoms with van der Waals surface area (Å²) in [4.78, 5) is 14.9. The zero-order valence-corrected chi connectivity index (χ0v) is 17.6. The Morgan fingerprint density at radius 3 is 3.07 bits per heavy atom. The minimum absolute atomic E-state index is 0.106. The van der Waals surface area contributed by atoms with Crippen LogP contribution in [0.2, 0.25) is 0 Å². The number of amides is 1. The summed E-state index contributed by atoms with van der Waals surface area (Å²) in [5.74, 6) is 0.450. The van der Waals surface area contributed by atoms with E-state index < -0.39 is 0 Å². The summed E-state index contributed by atoms with van der Waals surface area (Å²) < 4.78 is 22.2. The third kappa shape index (κ3) is 3.24. The standard InChI is InChI=1S/C23H29FN4O2/c1-3-28-10-8-20(26-28)22(29)25-11-17-18-13-27(14-23(18)9-7-21(17)30-23)12-16-5-4-6-19(24)15(16)2/h4-6,8,10,17-18,21H,3,7,9,11-14H2,1-2H3,(H,25,29)/t17-,18+,21+,23+/m0/s1. The zero-order chi connectivity index (χ0) is 20.9. The number of fused-ring (bicyclic) bond motifs is 1. The van der Waals surface area contributed by atoms with Gasteiger partial charge in [0.1, 0.15) is 11.5 Å². The number of carbonyl (C=O) groups excluding carboxylic acids is 1. The zero-order valence-electron chi connectivity index (χ0n) is 17.6. The van der Waals surface area contributed by atoms with Crippen LogP contribution in [0.25, 0.3) is 0 Å². The number of hydrogen-bond donors (Lipinski definition) is 1. The Bertz CT molecular complexity index is 960. The number of nitrogens with one attached hydrogen (secondary N) is 1. The number of nitrogens with zero attached hydrogens (tertiary/aromatic N) is 3. The monoisotopic (exact) mass is 412 g/mol. The van der Waals surface area contributed by atoms with Crippen molar-refractivity contribution >= 4 is 5.91 Å². The Morgan fingerprint density at radius 1 is 1.40 bits per heavy atom. The number of likely N-dealkylation sites (tertiary alicyclic amines) is 1. The van der Waals surface area contributed by atoms with Crippen LogP contribution in [0.3, 0.4) is 0 Å². The Morgan fingerprint density at radius 2 is 2.27 bits per heavy atom. The van der Waals surface area contributed by atoms with Crippen LogP contribution in [0.4, 0.5) is 4.39 Å². The SMILES string of the molecule is CCn1ccc(C(=O)NC[C@H]2[C@H]3CN(Cc4cccc(F)c4C)C[C@]34CC[C@H]2O4)n1. The van der Waals surface area contributed by atoms with Gasteiger partial charge in [0.2, 0.25) is 0 Å². The number of aromatic nitrogens is 2. The number of ether oxygens (including phenoxy) is 1. The Kier molecular flexibility index (Phi) is 4.90. The minimum Gasteiger partial charge on any atom is -0.370 e. The predicted octanol–water partition coefficient (Wildman–Crippen LogP) is 2.76. The van der Waals surface area contributed by atoms with Crippen molar-refractivity contribution in [1.82, 2.24) is 20.0 Å². The molecular weight excluding hydrogens is 383 g/mol. The summed E-state index contributed by atoms with van der Waals surface area (Å²) in [7, 11) is 0. The van der Waals surface area contributed by atoms with Gasteiger partial charge < -0.3 is 10.1 Å². The molecule has 1 spiro atoms. The summed E-state index contributed by atoms with van der Waals surface area (Å²) in [5.41, 5.74) is 2.13. The molecule has 3 aliphatic rings. The molecule has 7 heteroatoms. The van der Waals surface area contributed by atoms with Crippen LogP contribution in [0, 0.1) is 24.6 Å². The minimum atomic E-state index is -0.145. The molecule has 6 nitrogen and oxygen atoms in total. The molecule has 3 fully saturated rings. The molecule has 2 aromatic rings. The third-order valence-electron chi connectivity index (χ3n) is 7.32. The molecule has 0 radical (unpaired) electrons. The largest absolute Gasteiger partial charge is 0.370 e. The number of hydrogen-bond acceptors (Lipinski definition) is 4. The molecule has 3 aliphatic heterocycles. The first-order valence-corrected chi connectivity index (χ1v) is 10.9. The highest BCUT2D eigenvalue weighted by Gasteiger charge is 2.62. The highest BCUT2D eigenvalue weighted by Crippen LogP contribution is 2.54.